The molecule has 12 rings (SSSR count). The van der Waals surface area contributed by atoms with E-state index in [1.165, 1.54) is 10.8 Å². The maximum atomic E-state index is 5.19. The standard InChI is InChI=1S/C56H36N6/c1-4-17-37(18-5-1)48-36-57-62-52(39-19-6-2-7-20-39)51(46-27-10-11-28-47(46)53(48)62)38-31-33-41(34-32-38)55-58-54(40-21-8-3-9-22-40)59-56(60-55)42-23-16-24-43(35-42)61-49-29-14-12-25-44(49)45-26-13-15-30-50(45)61/h1-36H. The first-order valence-corrected chi connectivity index (χ1v) is 20.8. The molecule has 0 aliphatic carbocycles. The Labute approximate surface area is 357 Å². The molecule has 6 nitrogen and oxygen atoms in total. The van der Waals surface area contributed by atoms with Crippen LogP contribution in [-0.2, 0) is 0 Å². The molecular weight excluding hydrogens is 757 g/mol. The van der Waals surface area contributed by atoms with Gasteiger partial charge in [-0.2, -0.15) is 5.10 Å². The van der Waals surface area contributed by atoms with Crippen LogP contribution < -0.4 is 0 Å². The van der Waals surface area contributed by atoms with Crippen molar-refractivity contribution in [3.63, 3.8) is 0 Å². The van der Waals surface area contributed by atoms with Crippen LogP contribution in [0.2, 0.25) is 0 Å². The molecule has 0 N–H and O–H groups in total. The third kappa shape index (κ3) is 5.88. The van der Waals surface area contributed by atoms with E-state index in [0.29, 0.717) is 17.5 Å². The molecule has 0 amide bonds. The van der Waals surface area contributed by atoms with Crippen LogP contribution >= 0.6 is 0 Å². The molecule has 0 aliphatic rings. The molecule has 4 aromatic heterocycles. The predicted octanol–water partition coefficient (Wildman–Crippen LogP) is 13.8. The molecule has 12 aromatic rings. The van der Waals surface area contributed by atoms with Crippen LogP contribution in [0, 0.1) is 0 Å². The highest BCUT2D eigenvalue weighted by Crippen LogP contribution is 2.43. The van der Waals surface area contributed by atoms with Crippen molar-refractivity contribution in [3.8, 4) is 73.4 Å². The zero-order valence-electron chi connectivity index (χ0n) is 33.5. The van der Waals surface area contributed by atoms with Gasteiger partial charge in [-0.1, -0.05) is 188 Å². The van der Waals surface area contributed by atoms with Crippen molar-refractivity contribution in [2.75, 3.05) is 0 Å². The lowest BCUT2D eigenvalue weighted by Gasteiger charge is -2.18. The van der Waals surface area contributed by atoms with E-state index in [1.54, 1.807) is 0 Å². The predicted molar refractivity (Wildman–Crippen MR) is 253 cm³/mol. The molecule has 0 fully saturated rings. The summed E-state index contributed by atoms with van der Waals surface area (Å²) in [4.78, 5) is 15.4. The molecule has 62 heavy (non-hydrogen) atoms. The van der Waals surface area contributed by atoms with Crippen LogP contribution in [0.4, 0.5) is 0 Å². The van der Waals surface area contributed by atoms with E-state index in [2.05, 4.69) is 191 Å². The van der Waals surface area contributed by atoms with Gasteiger partial charge in [-0.05, 0) is 40.8 Å². The highest BCUT2D eigenvalue weighted by Gasteiger charge is 2.22. The normalized spacial score (nSPS) is 11.5. The Morgan fingerprint density at radius 1 is 0.339 bits per heavy atom. The Balaban J connectivity index is 1.02. The minimum atomic E-state index is 0.603. The van der Waals surface area contributed by atoms with Gasteiger partial charge >= 0.3 is 0 Å². The summed E-state index contributed by atoms with van der Waals surface area (Å²) in [5, 5.41) is 9.82. The molecule has 0 atom stereocenters. The molecule has 8 aromatic carbocycles. The second-order valence-electron chi connectivity index (χ2n) is 15.5. The van der Waals surface area contributed by atoms with Gasteiger partial charge < -0.3 is 4.57 Å². The summed E-state index contributed by atoms with van der Waals surface area (Å²) < 4.78 is 4.45. The van der Waals surface area contributed by atoms with E-state index in [4.69, 9.17) is 20.1 Å². The van der Waals surface area contributed by atoms with Crippen LogP contribution in [0.25, 0.3) is 111 Å². The molecular formula is C56H36N6. The van der Waals surface area contributed by atoms with Gasteiger partial charge in [0.05, 0.1) is 28.4 Å². The summed E-state index contributed by atoms with van der Waals surface area (Å²) in [7, 11) is 0. The maximum absolute atomic E-state index is 5.19. The Hall–Kier alpha value is -8.48. The van der Waals surface area contributed by atoms with Crippen LogP contribution in [0.1, 0.15) is 0 Å². The summed E-state index contributed by atoms with van der Waals surface area (Å²) in [6.07, 6.45) is 2.00. The van der Waals surface area contributed by atoms with E-state index in [1.807, 2.05) is 36.5 Å². The number of nitrogens with zero attached hydrogens (tertiary/aromatic N) is 6. The molecule has 0 saturated carbocycles. The lowest BCUT2D eigenvalue weighted by Crippen LogP contribution is -2.01. The number of para-hydroxylation sites is 2. The van der Waals surface area contributed by atoms with Crippen molar-refractivity contribution < 1.29 is 0 Å². The number of hydrogen-bond donors (Lipinski definition) is 0. The average molecular weight is 793 g/mol. The fraction of sp³-hybridized carbons (Fsp3) is 0. The highest BCUT2D eigenvalue weighted by molar-refractivity contribution is 6.13. The number of pyridine rings is 1. The van der Waals surface area contributed by atoms with Crippen molar-refractivity contribution in [3.05, 3.63) is 219 Å². The second-order valence-corrected chi connectivity index (χ2v) is 15.5. The Morgan fingerprint density at radius 3 is 1.44 bits per heavy atom. The molecule has 0 aliphatic heterocycles. The quantitative estimate of drug-likeness (QED) is 0.161. The monoisotopic (exact) mass is 792 g/mol. The molecule has 0 bridgehead atoms. The fourth-order valence-corrected chi connectivity index (χ4v) is 9.02. The smallest absolute Gasteiger partial charge is 0.164 e. The minimum Gasteiger partial charge on any atom is -0.309 e. The molecule has 0 radical (unpaired) electrons. The fourth-order valence-electron chi connectivity index (χ4n) is 9.02. The van der Waals surface area contributed by atoms with Crippen LogP contribution in [-0.4, -0.2) is 29.1 Å². The second kappa shape index (κ2) is 14.7. The van der Waals surface area contributed by atoms with Crippen molar-refractivity contribution >= 4 is 38.1 Å². The lowest BCUT2D eigenvalue weighted by atomic mass is 9.92. The van der Waals surface area contributed by atoms with E-state index in [-0.39, 0.29) is 0 Å². The lowest BCUT2D eigenvalue weighted by molar-refractivity contribution is 0.976. The Morgan fingerprint density at radius 2 is 0.806 bits per heavy atom. The van der Waals surface area contributed by atoms with E-state index in [9.17, 15) is 0 Å². The van der Waals surface area contributed by atoms with Gasteiger partial charge in [-0.3, -0.25) is 0 Å². The van der Waals surface area contributed by atoms with Crippen LogP contribution in [0.15, 0.2) is 219 Å². The van der Waals surface area contributed by atoms with E-state index >= 15 is 0 Å². The van der Waals surface area contributed by atoms with Gasteiger partial charge in [0.2, 0.25) is 0 Å². The molecule has 290 valence electrons. The van der Waals surface area contributed by atoms with Crippen molar-refractivity contribution in [2.24, 2.45) is 0 Å². The summed E-state index contributed by atoms with van der Waals surface area (Å²) >= 11 is 0. The minimum absolute atomic E-state index is 0.603. The third-order valence-corrected chi connectivity index (χ3v) is 11.8. The van der Waals surface area contributed by atoms with Crippen LogP contribution in [0.5, 0.6) is 0 Å². The number of aromatic nitrogens is 6. The number of hydrogen-bond acceptors (Lipinski definition) is 4. The van der Waals surface area contributed by atoms with E-state index < -0.39 is 0 Å². The third-order valence-electron chi connectivity index (χ3n) is 11.8. The number of rotatable bonds is 7. The number of benzene rings is 8. The topological polar surface area (TPSA) is 60.9 Å². The summed E-state index contributed by atoms with van der Waals surface area (Å²) in [5.74, 6) is 1.83. The van der Waals surface area contributed by atoms with Crippen LogP contribution in [0.3, 0.4) is 0 Å². The molecule has 4 heterocycles. The zero-order valence-corrected chi connectivity index (χ0v) is 33.5. The first-order chi connectivity index (χ1) is 30.8. The Kier molecular flexibility index (Phi) is 8.38. The largest absolute Gasteiger partial charge is 0.309 e. The summed E-state index contributed by atoms with van der Waals surface area (Å²) in [5.41, 5.74) is 13.7. The van der Waals surface area contributed by atoms with Crippen molar-refractivity contribution in [2.45, 2.75) is 0 Å². The average Bonchev–Trinajstić information content (AvgIpc) is 3.95. The first kappa shape index (κ1) is 35.5. The molecule has 0 spiro atoms. The van der Waals surface area contributed by atoms with Gasteiger partial charge in [0.25, 0.3) is 0 Å². The van der Waals surface area contributed by atoms with E-state index in [0.717, 1.165) is 83.2 Å². The number of fused-ring (bicyclic) bond motifs is 6. The molecule has 0 unspecified atom stereocenters. The van der Waals surface area contributed by atoms with Gasteiger partial charge in [-0.15, -0.1) is 0 Å². The summed E-state index contributed by atoms with van der Waals surface area (Å²) in [6.45, 7) is 0. The first-order valence-electron chi connectivity index (χ1n) is 20.8. The summed E-state index contributed by atoms with van der Waals surface area (Å²) in [6, 6.07) is 74.2. The van der Waals surface area contributed by atoms with Crippen molar-refractivity contribution in [1.29, 1.82) is 0 Å². The van der Waals surface area contributed by atoms with Gasteiger partial charge in [0.15, 0.2) is 17.5 Å². The SMILES string of the molecule is c1ccc(-c2nc(-c3ccc(-c4c(-c5ccccc5)n5ncc(-c6ccccc6)c5c5ccccc45)cc3)nc(-c3cccc(-n4c5ccccc5c5ccccc54)c3)n2)cc1. The zero-order chi connectivity index (χ0) is 41.0. The van der Waals surface area contributed by atoms with Gasteiger partial charge in [0, 0.05) is 55.2 Å². The molecule has 0 saturated heterocycles. The van der Waals surface area contributed by atoms with Gasteiger partial charge in [-0.25, -0.2) is 19.5 Å². The highest BCUT2D eigenvalue weighted by atomic mass is 15.2. The Bertz CT molecular complexity index is 3560. The molecule has 6 heteroatoms. The van der Waals surface area contributed by atoms with Crippen molar-refractivity contribution in [1.82, 2.24) is 29.1 Å². The van der Waals surface area contributed by atoms with Gasteiger partial charge in [0.1, 0.15) is 0 Å². The maximum Gasteiger partial charge on any atom is 0.164 e.